The second-order valence-electron chi connectivity index (χ2n) is 4.92. The minimum atomic E-state index is -4.77. The van der Waals surface area contributed by atoms with Gasteiger partial charge in [0.2, 0.25) is 0 Å². The van der Waals surface area contributed by atoms with E-state index in [1.165, 1.54) is 0 Å². The van der Waals surface area contributed by atoms with E-state index in [4.69, 9.17) is 4.55 Å². The first-order valence-electron chi connectivity index (χ1n) is 5.54. The third-order valence-electron chi connectivity index (χ3n) is 2.80. The molecule has 0 aliphatic heterocycles. The molecule has 2 atom stereocenters. The van der Waals surface area contributed by atoms with Crippen molar-refractivity contribution >= 4 is 20.2 Å². The second-order valence-corrected chi connectivity index (χ2v) is 8.43. The molecule has 0 bridgehead atoms. The lowest BCUT2D eigenvalue weighted by Gasteiger charge is -2.27. The molecule has 2 unspecified atom stereocenters. The monoisotopic (exact) mass is 316 g/mol. The van der Waals surface area contributed by atoms with Crippen molar-refractivity contribution < 1.29 is 31.0 Å². The molecule has 19 heavy (non-hydrogen) atoms. The Morgan fingerprint density at radius 1 is 1.21 bits per heavy atom. The highest BCUT2D eigenvalue weighted by molar-refractivity contribution is 7.87. The van der Waals surface area contributed by atoms with Gasteiger partial charge in [0.25, 0.3) is 20.2 Å². The molecular formula is C10H20O7S2. The highest BCUT2D eigenvalue weighted by Gasteiger charge is 2.42. The molecule has 0 aliphatic rings. The van der Waals surface area contributed by atoms with E-state index in [2.05, 4.69) is 0 Å². The van der Waals surface area contributed by atoms with Gasteiger partial charge in [-0.1, -0.05) is 11.6 Å². The molecule has 0 radical (unpaired) electrons. The molecule has 0 amide bonds. The van der Waals surface area contributed by atoms with E-state index in [1.807, 2.05) is 0 Å². The Labute approximate surface area is 113 Å². The number of aliphatic hydroxyl groups is 1. The molecule has 0 rings (SSSR count). The van der Waals surface area contributed by atoms with Gasteiger partial charge in [-0.3, -0.25) is 9.11 Å². The standard InChI is InChI=1S/C10H20O7S2/c1-8(2)5-4-6-10(3,19(15,16)17)7-9(11)18(12,13)14/h5,9,11H,4,6-7H2,1-3H3,(H,12,13,14)(H,15,16,17). The molecule has 7 nitrogen and oxygen atoms in total. The topological polar surface area (TPSA) is 129 Å². The molecule has 0 aliphatic carbocycles. The van der Waals surface area contributed by atoms with Crippen LogP contribution in [0.3, 0.4) is 0 Å². The Bertz CT molecular complexity index is 528. The maximum absolute atomic E-state index is 11.3. The minimum Gasteiger partial charge on any atom is -0.375 e. The van der Waals surface area contributed by atoms with Crippen LogP contribution in [0.1, 0.15) is 40.0 Å². The van der Waals surface area contributed by atoms with Crippen LogP contribution in [0.5, 0.6) is 0 Å². The number of aliphatic hydroxyl groups excluding tert-OH is 1. The summed E-state index contributed by atoms with van der Waals surface area (Å²) >= 11 is 0. The predicted octanol–water partition coefficient (Wildman–Crippen LogP) is 0.976. The first-order valence-corrected chi connectivity index (χ1v) is 8.49. The highest BCUT2D eigenvalue weighted by Crippen LogP contribution is 2.29. The molecule has 0 aromatic carbocycles. The van der Waals surface area contributed by atoms with Crippen molar-refractivity contribution in [2.24, 2.45) is 0 Å². The van der Waals surface area contributed by atoms with Crippen LogP contribution < -0.4 is 0 Å². The fraction of sp³-hybridized carbons (Fsp3) is 0.800. The van der Waals surface area contributed by atoms with Gasteiger partial charge in [-0.2, -0.15) is 16.8 Å². The lowest BCUT2D eigenvalue weighted by molar-refractivity contribution is 0.202. The summed E-state index contributed by atoms with van der Waals surface area (Å²) in [7, 11) is -9.36. The van der Waals surface area contributed by atoms with Crippen molar-refractivity contribution in [3.8, 4) is 0 Å². The second kappa shape index (κ2) is 6.31. The summed E-state index contributed by atoms with van der Waals surface area (Å²) in [4.78, 5) is 0. The summed E-state index contributed by atoms with van der Waals surface area (Å²) in [5.41, 5.74) is -1.32. The molecule has 114 valence electrons. The Balaban J connectivity index is 5.17. The molecule has 0 fully saturated rings. The lowest BCUT2D eigenvalue weighted by Crippen LogP contribution is -2.40. The molecule has 0 heterocycles. The van der Waals surface area contributed by atoms with Crippen LogP contribution in [0.2, 0.25) is 0 Å². The van der Waals surface area contributed by atoms with Crippen LogP contribution in [0.4, 0.5) is 0 Å². The SMILES string of the molecule is CC(C)=CCCC(C)(CC(O)S(=O)(=O)O)S(=O)(=O)O. The molecule has 0 saturated carbocycles. The fourth-order valence-electron chi connectivity index (χ4n) is 1.48. The molecule has 0 saturated heterocycles. The van der Waals surface area contributed by atoms with Gasteiger partial charge in [-0.25, -0.2) is 0 Å². The normalized spacial score (nSPS) is 17.6. The molecule has 3 N–H and O–H groups in total. The summed E-state index contributed by atoms with van der Waals surface area (Å²) in [6.45, 7) is 4.73. The number of allylic oxidation sites excluding steroid dienone is 2. The van der Waals surface area contributed by atoms with Crippen LogP contribution in [0, 0.1) is 0 Å². The fourth-order valence-corrected chi connectivity index (χ4v) is 2.91. The zero-order valence-corrected chi connectivity index (χ0v) is 12.7. The molecular weight excluding hydrogens is 296 g/mol. The molecule has 9 heteroatoms. The van der Waals surface area contributed by atoms with Crippen LogP contribution in [0.25, 0.3) is 0 Å². The highest BCUT2D eigenvalue weighted by atomic mass is 32.2. The van der Waals surface area contributed by atoms with Crippen LogP contribution >= 0.6 is 0 Å². The van der Waals surface area contributed by atoms with Gasteiger partial charge >= 0.3 is 0 Å². The van der Waals surface area contributed by atoms with Crippen molar-refractivity contribution in [1.82, 2.24) is 0 Å². The summed E-state index contributed by atoms with van der Waals surface area (Å²) in [5, 5.41) is 9.26. The van der Waals surface area contributed by atoms with E-state index in [0.717, 1.165) is 12.5 Å². The minimum absolute atomic E-state index is 0.0798. The number of rotatable bonds is 7. The zero-order valence-electron chi connectivity index (χ0n) is 11.1. The molecule has 0 aromatic rings. The van der Waals surface area contributed by atoms with Gasteiger partial charge < -0.3 is 5.11 Å². The van der Waals surface area contributed by atoms with E-state index < -0.39 is 36.8 Å². The first-order chi connectivity index (χ1) is 8.29. The van der Waals surface area contributed by atoms with Gasteiger partial charge in [-0.05, 0) is 33.6 Å². The smallest absolute Gasteiger partial charge is 0.292 e. The van der Waals surface area contributed by atoms with Gasteiger partial charge in [0, 0.05) is 6.42 Å². The van der Waals surface area contributed by atoms with Crippen molar-refractivity contribution in [3.63, 3.8) is 0 Å². The summed E-state index contributed by atoms with van der Waals surface area (Å²) in [6.07, 6.45) is 1.13. The quantitative estimate of drug-likeness (QED) is 0.471. The van der Waals surface area contributed by atoms with Crippen LogP contribution in [0.15, 0.2) is 11.6 Å². The Hall–Kier alpha value is -0.480. The average Bonchev–Trinajstić information content (AvgIpc) is 2.13. The molecule has 0 spiro atoms. The summed E-state index contributed by atoms with van der Waals surface area (Å²) < 4.78 is 60.1. The zero-order chi connectivity index (χ0) is 15.5. The van der Waals surface area contributed by atoms with Crippen molar-refractivity contribution in [3.05, 3.63) is 11.6 Å². The summed E-state index contributed by atoms with van der Waals surface area (Å²) in [5.74, 6) is 0. The Morgan fingerprint density at radius 3 is 2.00 bits per heavy atom. The first kappa shape index (κ1) is 18.5. The van der Waals surface area contributed by atoms with Crippen LogP contribution in [-0.2, 0) is 20.2 Å². The Morgan fingerprint density at radius 2 is 1.68 bits per heavy atom. The number of hydrogen-bond acceptors (Lipinski definition) is 5. The van der Waals surface area contributed by atoms with Gasteiger partial charge in [-0.15, -0.1) is 0 Å². The van der Waals surface area contributed by atoms with Crippen molar-refractivity contribution in [2.45, 2.75) is 50.2 Å². The maximum atomic E-state index is 11.3. The number of hydrogen-bond donors (Lipinski definition) is 3. The largest absolute Gasteiger partial charge is 0.375 e. The van der Waals surface area contributed by atoms with E-state index >= 15 is 0 Å². The summed E-state index contributed by atoms with van der Waals surface area (Å²) in [6, 6.07) is 0. The van der Waals surface area contributed by atoms with Gasteiger partial charge in [0.05, 0.1) is 4.75 Å². The molecule has 0 aromatic heterocycles. The average molecular weight is 316 g/mol. The Kier molecular flexibility index (Phi) is 6.15. The predicted molar refractivity (Wildman–Crippen MR) is 70.8 cm³/mol. The third kappa shape index (κ3) is 6.00. The van der Waals surface area contributed by atoms with Crippen LogP contribution in [-0.4, -0.2) is 41.2 Å². The lowest BCUT2D eigenvalue weighted by atomic mass is 10.00. The third-order valence-corrected chi connectivity index (χ3v) is 5.27. The van der Waals surface area contributed by atoms with Crippen molar-refractivity contribution in [2.75, 3.05) is 0 Å². The van der Waals surface area contributed by atoms with Gasteiger partial charge in [0.1, 0.15) is 0 Å². The van der Waals surface area contributed by atoms with E-state index in [-0.39, 0.29) is 12.8 Å². The van der Waals surface area contributed by atoms with E-state index in [9.17, 15) is 26.5 Å². The van der Waals surface area contributed by atoms with Gasteiger partial charge in [0.15, 0.2) is 5.44 Å². The maximum Gasteiger partial charge on any atom is 0.292 e. The van der Waals surface area contributed by atoms with E-state index in [0.29, 0.717) is 0 Å². The van der Waals surface area contributed by atoms with E-state index in [1.54, 1.807) is 19.9 Å². The van der Waals surface area contributed by atoms with Crippen molar-refractivity contribution in [1.29, 1.82) is 0 Å².